The van der Waals surface area contributed by atoms with E-state index in [4.69, 9.17) is 16.3 Å². The van der Waals surface area contributed by atoms with E-state index < -0.39 is 0 Å². The lowest BCUT2D eigenvalue weighted by atomic mass is 10.0. The number of hydrogen-bond acceptors (Lipinski definition) is 3. The molecule has 0 unspecified atom stereocenters. The number of ether oxygens (including phenoxy) is 1. The van der Waals surface area contributed by atoms with Crippen LogP contribution < -0.4 is 4.74 Å². The molecule has 0 aliphatic rings. The van der Waals surface area contributed by atoms with Gasteiger partial charge in [0.25, 0.3) is 0 Å². The van der Waals surface area contributed by atoms with Crippen molar-refractivity contribution in [3.05, 3.63) is 95.6 Å². The Morgan fingerprint density at radius 2 is 1.78 bits per heavy atom. The van der Waals surface area contributed by atoms with Gasteiger partial charge in [0.15, 0.2) is 0 Å². The van der Waals surface area contributed by atoms with Crippen molar-refractivity contribution in [2.24, 2.45) is 0 Å². The van der Waals surface area contributed by atoms with Gasteiger partial charge in [0, 0.05) is 28.5 Å². The summed E-state index contributed by atoms with van der Waals surface area (Å²) in [6.07, 6.45) is 3.46. The number of aromatic amines is 1. The van der Waals surface area contributed by atoms with Crippen LogP contribution in [0.25, 0.3) is 33.1 Å². The number of esters is 1. The van der Waals surface area contributed by atoms with Gasteiger partial charge in [0.1, 0.15) is 5.75 Å². The van der Waals surface area contributed by atoms with Crippen LogP contribution in [0.2, 0.25) is 5.02 Å². The molecule has 5 rings (SSSR count). The van der Waals surface area contributed by atoms with Gasteiger partial charge in [-0.25, -0.2) is 0 Å². The molecule has 158 valence electrons. The lowest BCUT2D eigenvalue weighted by Gasteiger charge is -2.07. The first-order valence-corrected chi connectivity index (χ1v) is 11.0. The number of rotatable bonds is 6. The van der Waals surface area contributed by atoms with E-state index in [0.717, 1.165) is 38.6 Å². The minimum atomic E-state index is -0.238. The van der Waals surface area contributed by atoms with Crippen LogP contribution in [-0.2, 0) is 11.2 Å². The van der Waals surface area contributed by atoms with Gasteiger partial charge in [0.05, 0.1) is 11.4 Å². The van der Waals surface area contributed by atoms with E-state index in [1.54, 1.807) is 6.20 Å². The van der Waals surface area contributed by atoms with Crippen molar-refractivity contribution >= 4 is 39.2 Å². The Balaban J connectivity index is 1.32. The van der Waals surface area contributed by atoms with E-state index in [0.29, 0.717) is 30.0 Å². The standard InChI is InChI=1S/C27H21ClN2O2/c28-20-12-14-24-23(17-20)22(27(30-24)25-9-3-4-15-29-25)8-5-10-26(31)32-21-13-11-18-6-1-2-7-19(18)16-21/h1-4,6-7,9,11-17,30H,5,8,10H2. The molecule has 2 heterocycles. The molecule has 32 heavy (non-hydrogen) atoms. The Morgan fingerprint density at radius 1 is 0.938 bits per heavy atom. The summed E-state index contributed by atoms with van der Waals surface area (Å²) in [6.45, 7) is 0. The number of nitrogens with zero attached hydrogens (tertiary/aromatic N) is 1. The molecular weight excluding hydrogens is 420 g/mol. The largest absolute Gasteiger partial charge is 0.427 e. The average Bonchev–Trinajstić information content (AvgIpc) is 3.17. The van der Waals surface area contributed by atoms with Gasteiger partial charge in [-0.05, 0) is 71.6 Å². The normalized spacial score (nSPS) is 11.2. The molecule has 2 aromatic heterocycles. The molecule has 0 fully saturated rings. The number of fused-ring (bicyclic) bond motifs is 2. The number of aromatic nitrogens is 2. The van der Waals surface area contributed by atoms with Gasteiger partial charge in [-0.1, -0.05) is 48.0 Å². The summed E-state index contributed by atoms with van der Waals surface area (Å²) in [7, 11) is 0. The highest BCUT2D eigenvalue weighted by Crippen LogP contribution is 2.32. The summed E-state index contributed by atoms with van der Waals surface area (Å²) in [4.78, 5) is 20.4. The third kappa shape index (κ3) is 4.23. The SMILES string of the molecule is O=C(CCCc1c(-c2ccccn2)[nH]c2ccc(Cl)cc12)Oc1ccc2ccccc2c1. The number of halogens is 1. The first-order chi connectivity index (χ1) is 15.7. The van der Waals surface area contributed by atoms with Crippen molar-refractivity contribution in [1.29, 1.82) is 0 Å². The van der Waals surface area contributed by atoms with Crippen LogP contribution >= 0.6 is 11.6 Å². The second-order valence-electron chi connectivity index (χ2n) is 7.72. The maximum atomic E-state index is 12.5. The Morgan fingerprint density at radius 3 is 2.62 bits per heavy atom. The van der Waals surface area contributed by atoms with Crippen LogP contribution in [0.15, 0.2) is 85.1 Å². The topological polar surface area (TPSA) is 55.0 Å². The second kappa shape index (κ2) is 8.85. The van der Waals surface area contributed by atoms with Crippen molar-refractivity contribution in [3.8, 4) is 17.1 Å². The number of benzene rings is 3. The van der Waals surface area contributed by atoms with E-state index in [1.165, 1.54) is 0 Å². The van der Waals surface area contributed by atoms with Crippen molar-refractivity contribution < 1.29 is 9.53 Å². The summed E-state index contributed by atoms with van der Waals surface area (Å²) < 4.78 is 5.58. The second-order valence-corrected chi connectivity index (χ2v) is 8.16. The highest BCUT2D eigenvalue weighted by atomic mass is 35.5. The Bertz CT molecular complexity index is 1410. The first kappa shape index (κ1) is 20.3. The van der Waals surface area contributed by atoms with Crippen LogP contribution in [-0.4, -0.2) is 15.9 Å². The van der Waals surface area contributed by atoms with Crippen LogP contribution in [0.4, 0.5) is 0 Å². The van der Waals surface area contributed by atoms with Crippen molar-refractivity contribution in [1.82, 2.24) is 9.97 Å². The third-order valence-corrected chi connectivity index (χ3v) is 5.78. The minimum absolute atomic E-state index is 0.238. The van der Waals surface area contributed by atoms with Crippen molar-refractivity contribution in [2.75, 3.05) is 0 Å². The van der Waals surface area contributed by atoms with E-state index in [-0.39, 0.29) is 5.97 Å². The highest BCUT2D eigenvalue weighted by Gasteiger charge is 2.15. The molecule has 0 bridgehead atoms. The van der Waals surface area contributed by atoms with E-state index in [9.17, 15) is 4.79 Å². The zero-order chi connectivity index (χ0) is 21.9. The molecule has 4 nitrogen and oxygen atoms in total. The zero-order valence-electron chi connectivity index (χ0n) is 17.3. The first-order valence-electron chi connectivity index (χ1n) is 10.6. The number of carbonyl (C=O) groups is 1. The van der Waals surface area contributed by atoms with Crippen molar-refractivity contribution in [3.63, 3.8) is 0 Å². The number of pyridine rings is 1. The van der Waals surface area contributed by atoms with E-state index in [1.807, 2.05) is 78.9 Å². The molecule has 0 spiro atoms. The van der Waals surface area contributed by atoms with Gasteiger partial charge in [-0.15, -0.1) is 0 Å². The minimum Gasteiger partial charge on any atom is -0.427 e. The monoisotopic (exact) mass is 440 g/mol. The van der Waals surface area contributed by atoms with Crippen LogP contribution in [0.1, 0.15) is 18.4 Å². The number of aryl methyl sites for hydroxylation is 1. The maximum absolute atomic E-state index is 12.5. The highest BCUT2D eigenvalue weighted by molar-refractivity contribution is 6.31. The quantitative estimate of drug-likeness (QED) is 0.229. The fraction of sp³-hybridized carbons (Fsp3) is 0.111. The van der Waals surface area contributed by atoms with Gasteiger partial charge < -0.3 is 9.72 Å². The Kier molecular flexibility index (Phi) is 5.61. The molecule has 0 amide bonds. The van der Waals surface area contributed by atoms with Crippen LogP contribution in [0, 0.1) is 0 Å². The molecule has 0 aliphatic carbocycles. The van der Waals surface area contributed by atoms with Crippen molar-refractivity contribution in [2.45, 2.75) is 19.3 Å². The van der Waals surface area contributed by atoms with Gasteiger partial charge in [-0.3, -0.25) is 9.78 Å². The number of hydrogen-bond donors (Lipinski definition) is 1. The molecule has 0 saturated heterocycles. The summed E-state index contributed by atoms with van der Waals surface area (Å²) in [6, 6.07) is 25.3. The molecule has 5 aromatic rings. The third-order valence-electron chi connectivity index (χ3n) is 5.55. The fourth-order valence-corrected chi connectivity index (χ4v) is 4.20. The molecular formula is C27H21ClN2O2. The predicted octanol–water partition coefficient (Wildman–Crippen LogP) is 6.96. The summed E-state index contributed by atoms with van der Waals surface area (Å²) in [5.41, 5.74) is 3.95. The zero-order valence-corrected chi connectivity index (χ0v) is 18.1. The Hall–Kier alpha value is -3.63. The summed E-state index contributed by atoms with van der Waals surface area (Å²) >= 11 is 6.26. The predicted molar refractivity (Wildman–Crippen MR) is 129 cm³/mol. The molecule has 5 heteroatoms. The van der Waals surface area contributed by atoms with Crippen LogP contribution in [0.5, 0.6) is 5.75 Å². The molecule has 0 radical (unpaired) electrons. The van der Waals surface area contributed by atoms with E-state index in [2.05, 4.69) is 9.97 Å². The number of carbonyl (C=O) groups excluding carboxylic acids is 1. The van der Waals surface area contributed by atoms with Gasteiger partial charge in [-0.2, -0.15) is 0 Å². The smallest absolute Gasteiger partial charge is 0.311 e. The van der Waals surface area contributed by atoms with Crippen LogP contribution in [0.3, 0.4) is 0 Å². The van der Waals surface area contributed by atoms with Gasteiger partial charge in [0.2, 0.25) is 0 Å². The van der Waals surface area contributed by atoms with E-state index >= 15 is 0 Å². The summed E-state index contributed by atoms with van der Waals surface area (Å²) in [5.74, 6) is 0.333. The summed E-state index contributed by atoms with van der Waals surface area (Å²) in [5, 5.41) is 3.91. The number of nitrogens with one attached hydrogen (secondary N) is 1. The molecule has 0 aliphatic heterocycles. The lowest BCUT2D eigenvalue weighted by molar-refractivity contribution is -0.134. The molecule has 0 atom stereocenters. The van der Waals surface area contributed by atoms with Gasteiger partial charge >= 0.3 is 5.97 Å². The fourth-order valence-electron chi connectivity index (χ4n) is 4.03. The number of H-pyrrole nitrogens is 1. The maximum Gasteiger partial charge on any atom is 0.311 e. The molecule has 0 saturated carbocycles. The molecule has 3 aromatic carbocycles. The molecule has 1 N–H and O–H groups in total. The Labute approximate surface area is 190 Å². The average molecular weight is 441 g/mol. The lowest BCUT2D eigenvalue weighted by Crippen LogP contribution is -2.08.